The van der Waals surface area contributed by atoms with Crippen LogP contribution in [0.3, 0.4) is 0 Å². The molecule has 2 aromatic heterocycles. The Morgan fingerprint density at radius 1 is 1.22 bits per heavy atom. The van der Waals surface area contributed by atoms with Crippen molar-refractivity contribution in [1.29, 1.82) is 0 Å². The van der Waals surface area contributed by atoms with E-state index in [1.54, 1.807) is 4.57 Å². The molecular weight excluding hydrogens is 430 g/mol. The summed E-state index contributed by atoms with van der Waals surface area (Å²) in [5.41, 5.74) is 6.98. The fourth-order valence-corrected chi connectivity index (χ4v) is 4.79. The van der Waals surface area contributed by atoms with Crippen LogP contribution in [0.2, 0.25) is 0 Å². The number of halogens is 1. The summed E-state index contributed by atoms with van der Waals surface area (Å²) in [6.07, 6.45) is 0. The van der Waals surface area contributed by atoms with Gasteiger partial charge in [0, 0.05) is 16.8 Å². The molecule has 0 fully saturated rings. The molecule has 7 nitrogen and oxygen atoms in total. The number of nitrogens with two attached hydrogens (primary N) is 1. The van der Waals surface area contributed by atoms with Crippen LogP contribution in [-0.2, 0) is 12.3 Å². The first kappa shape index (κ1) is 18.0. The molecule has 2 aromatic carbocycles. The lowest BCUT2D eigenvalue weighted by Crippen LogP contribution is -2.12. The van der Waals surface area contributed by atoms with Crippen LogP contribution in [0.5, 0.6) is 0 Å². The molecule has 9 heteroatoms. The summed E-state index contributed by atoms with van der Waals surface area (Å²) in [5.74, 6) is 0.675. The number of hydrogen-bond acceptors (Lipinski definition) is 6. The van der Waals surface area contributed by atoms with Crippen molar-refractivity contribution in [2.75, 3.05) is 12.3 Å². The molecule has 0 amide bonds. The standard InChI is InChI=1S/C18H16BrN5O2S/c19-13-11(6-5-10-3-1-2-4-12(10)13)9-27-18-21-14-15(24(18)7-8-25)22-17(20)23-16(14)26/h1-6,25H,7-9H2,(H3,20,22,23,26). The van der Waals surface area contributed by atoms with Crippen LogP contribution in [0.15, 0.2) is 50.8 Å². The maximum atomic E-state index is 12.1. The maximum absolute atomic E-state index is 12.1. The molecule has 0 unspecified atom stereocenters. The SMILES string of the molecule is Nc1nc2c(nc(SCc3ccc4ccccc4c3Br)n2CCO)c(=O)[nH]1. The van der Waals surface area contributed by atoms with E-state index in [2.05, 4.69) is 55.1 Å². The number of thioether (sulfide) groups is 1. The summed E-state index contributed by atoms with van der Waals surface area (Å²) in [7, 11) is 0. The van der Waals surface area contributed by atoms with Crippen molar-refractivity contribution in [3.05, 3.63) is 56.8 Å². The Kier molecular flexibility index (Phi) is 4.90. The van der Waals surface area contributed by atoms with Crippen molar-refractivity contribution in [2.24, 2.45) is 0 Å². The normalized spacial score (nSPS) is 11.5. The van der Waals surface area contributed by atoms with E-state index >= 15 is 0 Å². The van der Waals surface area contributed by atoms with Crippen molar-refractivity contribution >= 4 is 55.6 Å². The lowest BCUT2D eigenvalue weighted by Gasteiger charge is -2.09. The zero-order chi connectivity index (χ0) is 19.0. The van der Waals surface area contributed by atoms with E-state index in [4.69, 9.17) is 5.73 Å². The van der Waals surface area contributed by atoms with E-state index in [0.29, 0.717) is 16.6 Å². The van der Waals surface area contributed by atoms with E-state index in [9.17, 15) is 9.90 Å². The number of imidazole rings is 1. The number of aliphatic hydroxyl groups excluding tert-OH is 1. The molecule has 0 aliphatic carbocycles. The number of aliphatic hydroxyl groups is 1. The smallest absolute Gasteiger partial charge is 0.280 e. The fraction of sp³-hybridized carbons (Fsp3) is 0.167. The number of fused-ring (bicyclic) bond motifs is 2. The van der Waals surface area contributed by atoms with Gasteiger partial charge in [-0.1, -0.05) is 48.2 Å². The second-order valence-electron chi connectivity index (χ2n) is 5.94. The molecule has 4 rings (SSSR count). The molecule has 0 aliphatic heterocycles. The Balaban J connectivity index is 1.72. The topological polar surface area (TPSA) is 110 Å². The Morgan fingerprint density at radius 2 is 2.04 bits per heavy atom. The number of aromatic nitrogens is 4. The van der Waals surface area contributed by atoms with Gasteiger partial charge in [0.05, 0.1) is 6.61 Å². The molecule has 0 aliphatic rings. The first-order chi connectivity index (χ1) is 13.1. The Morgan fingerprint density at radius 3 is 2.85 bits per heavy atom. The number of benzene rings is 2. The minimum atomic E-state index is -0.386. The van der Waals surface area contributed by atoms with Crippen molar-refractivity contribution in [2.45, 2.75) is 17.5 Å². The number of anilines is 1. The van der Waals surface area contributed by atoms with Gasteiger partial charge >= 0.3 is 0 Å². The van der Waals surface area contributed by atoms with E-state index in [-0.39, 0.29) is 30.2 Å². The van der Waals surface area contributed by atoms with Crippen molar-refractivity contribution in [1.82, 2.24) is 19.5 Å². The highest BCUT2D eigenvalue weighted by atomic mass is 79.9. The van der Waals surface area contributed by atoms with Crippen molar-refractivity contribution in [3.63, 3.8) is 0 Å². The maximum Gasteiger partial charge on any atom is 0.280 e. The minimum Gasteiger partial charge on any atom is -0.395 e. The number of nitrogens with one attached hydrogen (secondary N) is 1. The van der Waals surface area contributed by atoms with Gasteiger partial charge in [-0.25, -0.2) is 4.98 Å². The molecule has 4 aromatic rings. The van der Waals surface area contributed by atoms with Gasteiger partial charge in [0.25, 0.3) is 5.56 Å². The predicted octanol–water partition coefficient (Wildman–Crippen LogP) is 2.90. The van der Waals surface area contributed by atoms with Gasteiger partial charge in [0.15, 0.2) is 16.3 Å². The number of hydrogen-bond donors (Lipinski definition) is 3. The third-order valence-electron chi connectivity index (χ3n) is 4.21. The van der Waals surface area contributed by atoms with E-state index < -0.39 is 0 Å². The van der Waals surface area contributed by atoms with Gasteiger partial charge in [0.2, 0.25) is 5.95 Å². The van der Waals surface area contributed by atoms with Crippen LogP contribution in [-0.4, -0.2) is 31.2 Å². The largest absolute Gasteiger partial charge is 0.395 e. The second kappa shape index (κ2) is 7.34. The highest BCUT2D eigenvalue weighted by Gasteiger charge is 2.16. The molecule has 0 radical (unpaired) electrons. The minimum absolute atomic E-state index is 0.0282. The Bertz CT molecular complexity index is 1200. The lowest BCUT2D eigenvalue weighted by molar-refractivity contribution is 0.273. The summed E-state index contributed by atoms with van der Waals surface area (Å²) in [5, 5.41) is 12.3. The van der Waals surface area contributed by atoms with Crippen LogP contribution in [0, 0.1) is 0 Å². The molecule has 0 saturated heterocycles. The first-order valence-corrected chi connectivity index (χ1v) is 10.0. The van der Waals surface area contributed by atoms with Gasteiger partial charge in [-0.15, -0.1) is 0 Å². The third-order valence-corrected chi connectivity index (χ3v) is 6.17. The molecule has 2 heterocycles. The number of aromatic amines is 1. The summed E-state index contributed by atoms with van der Waals surface area (Å²) < 4.78 is 2.76. The zero-order valence-corrected chi connectivity index (χ0v) is 16.5. The van der Waals surface area contributed by atoms with Gasteiger partial charge in [-0.3, -0.25) is 9.78 Å². The molecular formula is C18H16BrN5O2S. The summed E-state index contributed by atoms with van der Waals surface area (Å²) in [6, 6.07) is 12.3. The predicted molar refractivity (Wildman–Crippen MR) is 111 cm³/mol. The van der Waals surface area contributed by atoms with Gasteiger partial charge < -0.3 is 15.4 Å². The molecule has 0 atom stereocenters. The average Bonchev–Trinajstić information content (AvgIpc) is 3.00. The van der Waals surface area contributed by atoms with E-state index in [1.165, 1.54) is 11.8 Å². The van der Waals surface area contributed by atoms with Crippen molar-refractivity contribution in [3.8, 4) is 0 Å². The van der Waals surface area contributed by atoms with Crippen molar-refractivity contribution < 1.29 is 5.11 Å². The number of H-pyrrole nitrogens is 1. The van der Waals surface area contributed by atoms with Gasteiger partial charge in [-0.2, -0.15) is 4.98 Å². The quantitative estimate of drug-likeness (QED) is 0.407. The summed E-state index contributed by atoms with van der Waals surface area (Å²) in [6.45, 7) is 0.195. The van der Waals surface area contributed by atoms with Gasteiger partial charge in [-0.05, 0) is 32.3 Å². The molecule has 0 spiro atoms. The van der Waals surface area contributed by atoms with E-state index in [1.807, 2.05) is 12.1 Å². The van der Waals surface area contributed by atoms with E-state index in [0.717, 1.165) is 20.8 Å². The summed E-state index contributed by atoms with van der Waals surface area (Å²) in [4.78, 5) is 23.2. The van der Waals surface area contributed by atoms with Crippen LogP contribution in [0.25, 0.3) is 21.9 Å². The van der Waals surface area contributed by atoms with Crippen LogP contribution < -0.4 is 11.3 Å². The number of nitrogens with zero attached hydrogens (tertiary/aromatic N) is 3. The van der Waals surface area contributed by atoms with Crippen LogP contribution in [0.4, 0.5) is 5.95 Å². The Hall–Kier alpha value is -2.36. The third kappa shape index (κ3) is 3.33. The highest BCUT2D eigenvalue weighted by molar-refractivity contribution is 9.10. The summed E-state index contributed by atoms with van der Waals surface area (Å²) >= 11 is 5.18. The number of rotatable bonds is 5. The monoisotopic (exact) mass is 445 g/mol. The molecule has 0 saturated carbocycles. The molecule has 4 N–H and O–H groups in total. The van der Waals surface area contributed by atoms with Crippen LogP contribution >= 0.6 is 27.7 Å². The molecule has 138 valence electrons. The fourth-order valence-electron chi connectivity index (χ4n) is 2.95. The highest BCUT2D eigenvalue weighted by Crippen LogP contribution is 2.32. The lowest BCUT2D eigenvalue weighted by atomic mass is 10.1. The molecule has 27 heavy (non-hydrogen) atoms. The van der Waals surface area contributed by atoms with Crippen LogP contribution in [0.1, 0.15) is 5.56 Å². The zero-order valence-electron chi connectivity index (χ0n) is 14.1. The van der Waals surface area contributed by atoms with Gasteiger partial charge in [0.1, 0.15) is 0 Å². The Labute approximate surface area is 166 Å². The first-order valence-electron chi connectivity index (χ1n) is 8.24. The second-order valence-corrected chi connectivity index (χ2v) is 7.68. The number of nitrogen functional groups attached to an aromatic ring is 1. The average molecular weight is 446 g/mol. The molecule has 0 bridgehead atoms.